The van der Waals surface area contributed by atoms with E-state index < -0.39 is 16.1 Å². The SMILES string of the molecule is CC(=O)N1CC(C(=O)NC2CCN(S(C)(=O)=O)CC2)Oc2ccccc21. The van der Waals surface area contributed by atoms with Crippen LogP contribution in [0, 0.1) is 0 Å². The highest BCUT2D eigenvalue weighted by Gasteiger charge is 2.34. The number of amides is 2. The summed E-state index contributed by atoms with van der Waals surface area (Å²) in [6.45, 7) is 2.38. The molecule has 1 aromatic rings. The third kappa shape index (κ3) is 3.99. The number of hydrogen-bond acceptors (Lipinski definition) is 5. The molecule has 0 radical (unpaired) electrons. The highest BCUT2D eigenvalue weighted by atomic mass is 32.2. The number of hydrogen-bond donors (Lipinski definition) is 1. The van der Waals surface area contributed by atoms with Gasteiger partial charge >= 0.3 is 0 Å². The molecule has 2 aliphatic heterocycles. The Labute approximate surface area is 153 Å². The molecule has 142 valence electrons. The Balaban J connectivity index is 1.63. The van der Waals surface area contributed by atoms with Crippen LogP contribution in [0.25, 0.3) is 0 Å². The Bertz CT molecular complexity index is 802. The van der Waals surface area contributed by atoms with Crippen molar-refractivity contribution in [2.24, 2.45) is 0 Å². The summed E-state index contributed by atoms with van der Waals surface area (Å²) in [5, 5.41) is 2.93. The van der Waals surface area contributed by atoms with Crippen molar-refractivity contribution < 1.29 is 22.7 Å². The number of anilines is 1. The van der Waals surface area contributed by atoms with Crippen LogP contribution in [-0.2, 0) is 19.6 Å². The zero-order valence-electron chi connectivity index (χ0n) is 14.8. The minimum Gasteiger partial charge on any atom is -0.477 e. The van der Waals surface area contributed by atoms with Gasteiger partial charge in [-0.05, 0) is 25.0 Å². The summed E-state index contributed by atoms with van der Waals surface area (Å²) in [6, 6.07) is 7.01. The van der Waals surface area contributed by atoms with Crippen LogP contribution in [0.15, 0.2) is 24.3 Å². The lowest BCUT2D eigenvalue weighted by Crippen LogP contribution is -2.54. The van der Waals surface area contributed by atoms with E-state index in [1.165, 1.54) is 22.4 Å². The van der Waals surface area contributed by atoms with E-state index in [4.69, 9.17) is 4.74 Å². The Morgan fingerprint density at radius 1 is 1.19 bits per heavy atom. The van der Waals surface area contributed by atoms with Gasteiger partial charge in [0.2, 0.25) is 15.9 Å². The molecule has 1 atom stereocenters. The third-order valence-electron chi connectivity index (χ3n) is 4.72. The maximum atomic E-state index is 12.6. The molecule has 26 heavy (non-hydrogen) atoms. The molecule has 2 aliphatic rings. The minimum atomic E-state index is -3.20. The van der Waals surface area contributed by atoms with Crippen LogP contribution < -0.4 is 15.0 Å². The van der Waals surface area contributed by atoms with Crippen LogP contribution in [0.1, 0.15) is 19.8 Å². The molecule has 9 heteroatoms. The Morgan fingerprint density at radius 2 is 1.85 bits per heavy atom. The van der Waals surface area contributed by atoms with Crippen LogP contribution in [0.4, 0.5) is 5.69 Å². The van der Waals surface area contributed by atoms with Gasteiger partial charge in [0, 0.05) is 26.1 Å². The van der Waals surface area contributed by atoms with Gasteiger partial charge in [-0.15, -0.1) is 0 Å². The average molecular weight is 381 g/mol. The van der Waals surface area contributed by atoms with Gasteiger partial charge in [0.15, 0.2) is 6.10 Å². The molecule has 0 aliphatic carbocycles. The van der Waals surface area contributed by atoms with Crippen molar-refractivity contribution in [3.63, 3.8) is 0 Å². The van der Waals surface area contributed by atoms with E-state index in [1.54, 1.807) is 18.2 Å². The van der Waals surface area contributed by atoms with Crippen molar-refractivity contribution in [1.82, 2.24) is 9.62 Å². The number of carbonyl (C=O) groups excluding carboxylic acids is 2. The first kappa shape index (κ1) is 18.7. The van der Waals surface area contributed by atoms with Gasteiger partial charge in [-0.25, -0.2) is 12.7 Å². The predicted octanol–water partition coefficient (Wildman–Crippen LogP) is 0.341. The van der Waals surface area contributed by atoms with Gasteiger partial charge in [-0.1, -0.05) is 12.1 Å². The van der Waals surface area contributed by atoms with Crippen molar-refractivity contribution in [3.8, 4) is 5.75 Å². The maximum absolute atomic E-state index is 12.6. The van der Waals surface area contributed by atoms with Gasteiger partial charge in [0.25, 0.3) is 5.91 Å². The fourth-order valence-electron chi connectivity index (χ4n) is 3.30. The lowest BCUT2D eigenvalue weighted by atomic mass is 10.1. The normalized spacial score (nSPS) is 21.6. The zero-order valence-corrected chi connectivity index (χ0v) is 15.7. The van der Waals surface area contributed by atoms with Gasteiger partial charge in [0.05, 0.1) is 18.5 Å². The summed E-state index contributed by atoms with van der Waals surface area (Å²) >= 11 is 0. The molecule has 3 rings (SSSR count). The van der Waals surface area contributed by atoms with E-state index in [1.807, 2.05) is 6.07 Å². The predicted molar refractivity (Wildman–Crippen MR) is 96.5 cm³/mol. The van der Waals surface area contributed by atoms with Crippen LogP contribution in [0.3, 0.4) is 0 Å². The number of nitrogens with one attached hydrogen (secondary N) is 1. The molecule has 1 fully saturated rings. The molecule has 0 spiro atoms. The van der Waals surface area contributed by atoms with Crippen LogP contribution in [-0.4, -0.2) is 62.6 Å². The number of para-hydroxylation sites is 2. The van der Waals surface area contributed by atoms with Gasteiger partial charge in [-0.3, -0.25) is 9.59 Å². The first-order valence-electron chi connectivity index (χ1n) is 8.55. The first-order valence-corrected chi connectivity index (χ1v) is 10.4. The second-order valence-corrected chi connectivity index (χ2v) is 8.63. The summed E-state index contributed by atoms with van der Waals surface area (Å²) in [5.74, 6) is 0.0598. The monoisotopic (exact) mass is 381 g/mol. The summed E-state index contributed by atoms with van der Waals surface area (Å²) in [6.07, 6.45) is 1.51. The fraction of sp³-hybridized carbons (Fsp3) is 0.529. The number of ether oxygens (including phenoxy) is 1. The molecular weight excluding hydrogens is 358 g/mol. The number of piperidine rings is 1. The average Bonchev–Trinajstić information content (AvgIpc) is 2.60. The van der Waals surface area contributed by atoms with Gasteiger partial charge < -0.3 is 15.0 Å². The molecule has 0 aromatic heterocycles. The zero-order chi connectivity index (χ0) is 18.9. The van der Waals surface area contributed by atoms with E-state index in [9.17, 15) is 18.0 Å². The molecule has 1 unspecified atom stereocenters. The third-order valence-corrected chi connectivity index (χ3v) is 6.02. The minimum absolute atomic E-state index is 0.105. The van der Waals surface area contributed by atoms with Crippen molar-refractivity contribution in [3.05, 3.63) is 24.3 Å². The van der Waals surface area contributed by atoms with E-state index in [0.29, 0.717) is 37.4 Å². The van der Waals surface area contributed by atoms with Crippen LogP contribution in [0.2, 0.25) is 0 Å². The van der Waals surface area contributed by atoms with E-state index in [-0.39, 0.29) is 24.4 Å². The van der Waals surface area contributed by atoms with Crippen molar-refractivity contribution in [1.29, 1.82) is 0 Å². The molecule has 1 aromatic carbocycles. The summed E-state index contributed by atoms with van der Waals surface area (Å²) in [5.41, 5.74) is 0.658. The second kappa shape index (κ2) is 7.24. The van der Waals surface area contributed by atoms with E-state index >= 15 is 0 Å². The Hall–Kier alpha value is -2.13. The van der Waals surface area contributed by atoms with E-state index in [2.05, 4.69) is 5.32 Å². The highest BCUT2D eigenvalue weighted by molar-refractivity contribution is 7.88. The summed E-state index contributed by atoms with van der Waals surface area (Å²) < 4.78 is 30.3. The summed E-state index contributed by atoms with van der Waals surface area (Å²) in [4.78, 5) is 26.1. The smallest absolute Gasteiger partial charge is 0.263 e. The first-order chi connectivity index (χ1) is 12.3. The van der Waals surface area contributed by atoms with Gasteiger partial charge in [0.1, 0.15) is 5.75 Å². The largest absolute Gasteiger partial charge is 0.477 e. The lowest BCUT2D eigenvalue weighted by Gasteiger charge is -2.35. The number of nitrogens with zero attached hydrogens (tertiary/aromatic N) is 2. The van der Waals surface area contributed by atoms with Crippen molar-refractivity contribution in [2.75, 3.05) is 30.8 Å². The van der Waals surface area contributed by atoms with Gasteiger partial charge in [-0.2, -0.15) is 0 Å². The fourth-order valence-corrected chi connectivity index (χ4v) is 4.17. The summed E-state index contributed by atoms with van der Waals surface area (Å²) in [7, 11) is -3.20. The molecule has 2 amide bonds. The van der Waals surface area contributed by atoms with Crippen LogP contribution >= 0.6 is 0 Å². The highest BCUT2D eigenvalue weighted by Crippen LogP contribution is 2.33. The van der Waals surface area contributed by atoms with Crippen LogP contribution in [0.5, 0.6) is 5.75 Å². The standard InChI is InChI=1S/C17H23N3O5S/c1-12(21)20-11-16(25-15-6-4-3-5-14(15)20)17(22)18-13-7-9-19(10-8-13)26(2,23)24/h3-6,13,16H,7-11H2,1-2H3,(H,18,22). The van der Waals surface area contributed by atoms with Crippen molar-refractivity contribution >= 4 is 27.5 Å². The quantitative estimate of drug-likeness (QED) is 0.815. The molecule has 0 saturated carbocycles. The second-order valence-electron chi connectivity index (χ2n) is 6.65. The number of carbonyl (C=O) groups is 2. The number of fused-ring (bicyclic) bond motifs is 1. The number of rotatable bonds is 3. The molecule has 1 N–H and O–H groups in total. The molecule has 1 saturated heterocycles. The molecule has 2 heterocycles. The topological polar surface area (TPSA) is 96.0 Å². The van der Waals surface area contributed by atoms with Crippen molar-refractivity contribution in [2.45, 2.75) is 31.9 Å². The lowest BCUT2D eigenvalue weighted by molar-refractivity contribution is -0.129. The number of benzene rings is 1. The molecule has 8 nitrogen and oxygen atoms in total. The molecular formula is C17H23N3O5S. The Kier molecular flexibility index (Phi) is 5.19. The Morgan fingerprint density at radius 3 is 2.46 bits per heavy atom. The number of sulfonamides is 1. The molecule has 0 bridgehead atoms. The maximum Gasteiger partial charge on any atom is 0.263 e. The van der Waals surface area contributed by atoms with E-state index in [0.717, 1.165) is 0 Å².